The van der Waals surface area contributed by atoms with E-state index in [2.05, 4.69) is 0 Å². The van der Waals surface area contributed by atoms with Crippen LogP contribution in [0.1, 0.15) is 23.7 Å². The van der Waals surface area contributed by atoms with Gasteiger partial charge in [-0.3, -0.25) is 4.79 Å². The van der Waals surface area contributed by atoms with Crippen molar-refractivity contribution in [1.82, 2.24) is 0 Å². The van der Waals surface area contributed by atoms with Crippen molar-refractivity contribution in [1.29, 1.82) is 0 Å². The summed E-state index contributed by atoms with van der Waals surface area (Å²) in [5.74, 6) is -0.171. The molecule has 0 aromatic heterocycles. The van der Waals surface area contributed by atoms with Crippen LogP contribution in [-0.2, 0) is 9.47 Å². The van der Waals surface area contributed by atoms with Gasteiger partial charge in [-0.2, -0.15) is 0 Å². The van der Waals surface area contributed by atoms with E-state index in [1.807, 2.05) is 37.3 Å². The lowest BCUT2D eigenvalue weighted by Gasteiger charge is -2.27. The number of benzene rings is 1. The predicted molar refractivity (Wildman–Crippen MR) is 60.2 cm³/mol. The minimum Gasteiger partial charge on any atom is -0.352 e. The van der Waals surface area contributed by atoms with Gasteiger partial charge in [-0.25, -0.2) is 0 Å². The fourth-order valence-corrected chi connectivity index (χ4v) is 1.78. The first-order valence-corrected chi connectivity index (χ1v) is 5.61. The Kier molecular flexibility index (Phi) is 3.70. The second-order valence-corrected chi connectivity index (χ2v) is 3.98. The fourth-order valence-electron chi connectivity index (χ4n) is 1.78. The minimum absolute atomic E-state index is 0.0764. The predicted octanol–water partition coefficient (Wildman–Crippen LogP) is 2.27. The summed E-state index contributed by atoms with van der Waals surface area (Å²) >= 11 is 0. The zero-order valence-corrected chi connectivity index (χ0v) is 9.39. The molecule has 1 aromatic rings. The first-order valence-electron chi connectivity index (χ1n) is 5.61. The number of ketones is 1. The molecule has 86 valence electrons. The largest absolute Gasteiger partial charge is 0.352 e. The minimum atomic E-state index is -0.388. The molecule has 1 atom stereocenters. The van der Waals surface area contributed by atoms with Crippen molar-refractivity contribution in [2.24, 2.45) is 5.92 Å². The molecule has 0 N–H and O–H groups in total. The molecule has 1 saturated heterocycles. The number of ether oxygens (including phenoxy) is 2. The quantitative estimate of drug-likeness (QED) is 0.733. The second-order valence-electron chi connectivity index (χ2n) is 3.98. The monoisotopic (exact) mass is 220 g/mol. The molecule has 0 bridgehead atoms. The molecule has 3 heteroatoms. The molecular formula is C13H16O3. The number of rotatable bonds is 3. The Morgan fingerprint density at radius 2 is 1.88 bits per heavy atom. The Bertz CT molecular complexity index is 341. The molecule has 0 spiro atoms. The Labute approximate surface area is 95.4 Å². The van der Waals surface area contributed by atoms with Gasteiger partial charge < -0.3 is 9.47 Å². The van der Waals surface area contributed by atoms with Crippen LogP contribution >= 0.6 is 0 Å². The van der Waals surface area contributed by atoms with E-state index in [0.29, 0.717) is 18.8 Å². The van der Waals surface area contributed by atoms with E-state index in [1.54, 1.807) is 0 Å². The molecule has 16 heavy (non-hydrogen) atoms. The van der Waals surface area contributed by atoms with Gasteiger partial charge in [-0.15, -0.1) is 0 Å². The van der Waals surface area contributed by atoms with Crippen molar-refractivity contribution in [3.8, 4) is 0 Å². The van der Waals surface area contributed by atoms with E-state index < -0.39 is 0 Å². The van der Waals surface area contributed by atoms with Gasteiger partial charge in [-0.1, -0.05) is 37.3 Å². The first-order chi connectivity index (χ1) is 7.79. The Hall–Kier alpha value is -1.19. The molecule has 3 nitrogen and oxygen atoms in total. The number of Topliss-reactive ketones (excluding diaryl/α,β-unsaturated/α-hetero) is 1. The average molecular weight is 220 g/mol. The molecule has 1 fully saturated rings. The fraction of sp³-hybridized carbons (Fsp3) is 0.462. The van der Waals surface area contributed by atoms with Gasteiger partial charge in [0.25, 0.3) is 0 Å². The molecular weight excluding hydrogens is 204 g/mol. The van der Waals surface area contributed by atoms with Crippen LogP contribution in [0.3, 0.4) is 0 Å². The maximum atomic E-state index is 12.1. The molecule has 1 unspecified atom stereocenters. The molecule has 2 rings (SSSR count). The van der Waals surface area contributed by atoms with Crippen LogP contribution in [0.5, 0.6) is 0 Å². The summed E-state index contributed by atoms with van der Waals surface area (Å²) < 4.78 is 10.9. The van der Waals surface area contributed by atoms with Gasteiger partial charge in [0.1, 0.15) is 0 Å². The lowest BCUT2D eigenvalue weighted by Crippen LogP contribution is -2.35. The molecule has 1 heterocycles. The third kappa shape index (κ3) is 2.49. The standard InChI is InChI=1S/C13H16O3/c1-10(13-15-8-5-9-16-13)12(14)11-6-3-2-4-7-11/h2-4,6-7,10,13H,5,8-9H2,1H3. The summed E-state index contributed by atoms with van der Waals surface area (Å²) in [7, 11) is 0. The zero-order valence-electron chi connectivity index (χ0n) is 9.39. The summed E-state index contributed by atoms with van der Waals surface area (Å²) in [5.41, 5.74) is 0.716. The highest BCUT2D eigenvalue weighted by Gasteiger charge is 2.27. The smallest absolute Gasteiger partial charge is 0.170 e. The first kappa shape index (κ1) is 11.3. The number of carbonyl (C=O) groups is 1. The van der Waals surface area contributed by atoms with E-state index in [-0.39, 0.29) is 18.0 Å². The van der Waals surface area contributed by atoms with E-state index in [4.69, 9.17) is 9.47 Å². The zero-order chi connectivity index (χ0) is 11.4. The second kappa shape index (κ2) is 5.23. The van der Waals surface area contributed by atoms with Crippen molar-refractivity contribution in [3.63, 3.8) is 0 Å². The SMILES string of the molecule is CC(C(=O)c1ccccc1)C1OCCCO1. The van der Waals surface area contributed by atoms with Gasteiger partial charge in [0.15, 0.2) is 12.1 Å². The van der Waals surface area contributed by atoms with Crippen LogP contribution in [0.25, 0.3) is 0 Å². The highest BCUT2D eigenvalue weighted by atomic mass is 16.7. The van der Waals surface area contributed by atoms with Crippen LogP contribution in [0, 0.1) is 5.92 Å². The summed E-state index contributed by atoms with van der Waals surface area (Å²) in [6.07, 6.45) is 0.518. The molecule has 1 aliphatic rings. The highest BCUT2D eigenvalue weighted by molar-refractivity contribution is 5.97. The van der Waals surface area contributed by atoms with Crippen LogP contribution in [0.2, 0.25) is 0 Å². The van der Waals surface area contributed by atoms with Crippen molar-refractivity contribution >= 4 is 5.78 Å². The van der Waals surface area contributed by atoms with E-state index in [9.17, 15) is 4.79 Å². The Morgan fingerprint density at radius 1 is 1.25 bits per heavy atom. The lowest BCUT2D eigenvalue weighted by atomic mass is 9.98. The summed E-state index contributed by atoms with van der Waals surface area (Å²) in [6, 6.07) is 9.27. The van der Waals surface area contributed by atoms with Crippen LogP contribution in [-0.4, -0.2) is 25.3 Å². The maximum Gasteiger partial charge on any atom is 0.170 e. The number of carbonyl (C=O) groups excluding carboxylic acids is 1. The number of hydrogen-bond acceptors (Lipinski definition) is 3. The Balaban J connectivity index is 2.04. The van der Waals surface area contributed by atoms with Crippen LogP contribution < -0.4 is 0 Å². The molecule has 1 aromatic carbocycles. The van der Waals surface area contributed by atoms with E-state index in [0.717, 1.165) is 6.42 Å². The van der Waals surface area contributed by atoms with Crippen molar-refractivity contribution in [2.75, 3.05) is 13.2 Å². The van der Waals surface area contributed by atoms with Gasteiger partial charge in [-0.05, 0) is 6.42 Å². The normalized spacial score (nSPS) is 19.3. The van der Waals surface area contributed by atoms with Crippen molar-refractivity contribution in [3.05, 3.63) is 35.9 Å². The Morgan fingerprint density at radius 3 is 2.50 bits per heavy atom. The van der Waals surface area contributed by atoms with Crippen molar-refractivity contribution < 1.29 is 14.3 Å². The van der Waals surface area contributed by atoms with Gasteiger partial charge in [0.2, 0.25) is 0 Å². The van der Waals surface area contributed by atoms with E-state index in [1.165, 1.54) is 0 Å². The van der Waals surface area contributed by atoms with Crippen molar-refractivity contribution in [2.45, 2.75) is 19.6 Å². The maximum absolute atomic E-state index is 12.1. The third-order valence-corrected chi connectivity index (χ3v) is 2.73. The van der Waals surface area contributed by atoms with Gasteiger partial charge in [0.05, 0.1) is 19.1 Å². The van der Waals surface area contributed by atoms with Crippen LogP contribution in [0.15, 0.2) is 30.3 Å². The summed E-state index contributed by atoms with van der Waals surface area (Å²) in [5, 5.41) is 0. The molecule has 0 saturated carbocycles. The van der Waals surface area contributed by atoms with E-state index >= 15 is 0 Å². The van der Waals surface area contributed by atoms with Crippen LogP contribution in [0.4, 0.5) is 0 Å². The third-order valence-electron chi connectivity index (χ3n) is 2.73. The topological polar surface area (TPSA) is 35.5 Å². The molecule has 0 radical (unpaired) electrons. The van der Waals surface area contributed by atoms with Gasteiger partial charge in [0, 0.05) is 5.56 Å². The average Bonchev–Trinajstić information content (AvgIpc) is 2.39. The molecule has 0 aliphatic carbocycles. The molecule has 1 aliphatic heterocycles. The highest BCUT2D eigenvalue weighted by Crippen LogP contribution is 2.18. The molecule has 0 amide bonds. The van der Waals surface area contributed by atoms with Gasteiger partial charge >= 0.3 is 0 Å². The summed E-state index contributed by atoms with van der Waals surface area (Å²) in [6.45, 7) is 3.21. The lowest BCUT2D eigenvalue weighted by molar-refractivity contribution is -0.193. The number of hydrogen-bond donors (Lipinski definition) is 0. The summed E-state index contributed by atoms with van der Waals surface area (Å²) in [4.78, 5) is 12.1.